The lowest BCUT2D eigenvalue weighted by Gasteiger charge is -2.18. The second-order valence-electron chi connectivity index (χ2n) is 5.61. The number of ether oxygens (including phenoxy) is 9. The average molecular weight is 434 g/mol. The zero-order valence-corrected chi connectivity index (χ0v) is 15.5. The molecule has 166 valence electrons. The van der Waals surface area contributed by atoms with Crippen molar-refractivity contribution in [1.82, 2.24) is 0 Å². The summed E-state index contributed by atoms with van der Waals surface area (Å²) in [5.74, 6) is -0.808. The molecule has 14 nitrogen and oxygen atoms in total. The summed E-state index contributed by atoms with van der Waals surface area (Å²) >= 11 is 0. The minimum Gasteiger partial charge on any atom is -0.458 e. The molecule has 14 heteroatoms. The highest BCUT2D eigenvalue weighted by molar-refractivity contribution is 5.81. The van der Waals surface area contributed by atoms with Crippen LogP contribution in [-0.4, -0.2) is 88.5 Å². The second kappa shape index (κ2) is 11.3. The molecule has 2 fully saturated rings. The van der Waals surface area contributed by atoms with Crippen LogP contribution in [0.4, 0.5) is 19.2 Å². The molecule has 0 aromatic heterocycles. The van der Waals surface area contributed by atoms with Crippen LogP contribution in [0.3, 0.4) is 0 Å². The van der Waals surface area contributed by atoms with Crippen LogP contribution in [0, 0.1) is 0 Å². The number of cyclic esters (lactones) is 4. The third-order valence-electron chi connectivity index (χ3n) is 3.30. The third kappa shape index (κ3) is 8.12. The highest BCUT2D eigenvalue weighted by Gasteiger charge is 2.29. The van der Waals surface area contributed by atoms with Gasteiger partial charge < -0.3 is 42.6 Å². The molecule has 0 radical (unpaired) electrons. The van der Waals surface area contributed by atoms with Gasteiger partial charge in [0.2, 0.25) is 0 Å². The fourth-order valence-electron chi connectivity index (χ4n) is 1.94. The first kappa shape index (κ1) is 22.6. The van der Waals surface area contributed by atoms with Crippen molar-refractivity contribution in [2.45, 2.75) is 18.3 Å². The molecular formula is C16H18O14. The van der Waals surface area contributed by atoms with Crippen LogP contribution in [0.5, 0.6) is 0 Å². The van der Waals surface area contributed by atoms with Gasteiger partial charge in [0.05, 0.1) is 0 Å². The normalized spacial score (nSPS) is 20.5. The monoisotopic (exact) mass is 434 g/mol. The molecule has 0 N–H and O–H groups in total. The van der Waals surface area contributed by atoms with E-state index in [4.69, 9.17) is 23.7 Å². The Morgan fingerprint density at radius 1 is 0.900 bits per heavy atom. The molecule has 0 saturated carbocycles. The van der Waals surface area contributed by atoms with Crippen LogP contribution in [0.2, 0.25) is 0 Å². The van der Waals surface area contributed by atoms with Gasteiger partial charge in [0.1, 0.15) is 39.6 Å². The van der Waals surface area contributed by atoms with E-state index in [1.54, 1.807) is 0 Å². The molecule has 0 bridgehead atoms. The van der Waals surface area contributed by atoms with E-state index in [2.05, 4.69) is 25.5 Å². The van der Waals surface area contributed by atoms with Gasteiger partial charge in [-0.15, -0.1) is 0 Å². The maximum absolute atomic E-state index is 11.8. The molecule has 0 spiro atoms. The van der Waals surface area contributed by atoms with Crippen LogP contribution in [0.25, 0.3) is 0 Å². The molecule has 0 aromatic rings. The van der Waals surface area contributed by atoms with E-state index in [1.807, 2.05) is 0 Å². The predicted octanol–water partition coefficient (Wildman–Crippen LogP) is 0.461. The van der Waals surface area contributed by atoms with Crippen LogP contribution >= 0.6 is 0 Å². The number of carbonyl (C=O) groups excluding carboxylic acids is 5. The van der Waals surface area contributed by atoms with Gasteiger partial charge in [-0.25, -0.2) is 24.0 Å². The Kier molecular flexibility index (Phi) is 8.53. The van der Waals surface area contributed by atoms with Gasteiger partial charge in [0.15, 0.2) is 18.3 Å². The number of esters is 1. The van der Waals surface area contributed by atoms with E-state index in [1.165, 1.54) is 0 Å². The summed E-state index contributed by atoms with van der Waals surface area (Å²) in [4.78, 5) is 56.1. The minimum atomic E-state index is -1.25. The first-order valence-electron chi connectivity index (χ1n) is 8.44. The second-order valence-corrected chi connectivity index (χ2v) is 5.61. The topological polar surface area (TPSA) is 168 Å². The van der Waals surface area contributed by atoms with Crippen molar-refractivity contribution < 1.29 is 66.6 Å². The van der Waals surface area contributed by atoms with E-state index >= 15 is 0 Å². The summed E-state index contributed by atoms with van der Waals surface area (Å²) in [7, 11) is 0. The standard InChI is InChI=1S/C16H18O14/c1-2-12(17)22-3-9(28-14(19)26-7-11-8-27-16(21)30-11)4-23-13(18)24-5-10-6-25-15(20)29-10/h2,9-11H,1,3-8H2. The Morgan fingerprint density at radius 3 is 1.93 bits per heavy atom. The molecule has 2 aliphatic heterocycles. The SMILES string of the molecule is C=CC(=O)OCC(COC(=O)OCC1COC(=O)O1)OC(=O)OCC1COC(=O)O1. The Morgan fingerprint density at radius 2 is 1.43 bits per heavy atom. The van der Waals surface area contributed by atoms with Crippen LogP contribution in [0.15, 0.2) is 12.7 Å². The minimum absolute atomic E-state index is 0.0808. The molecule has 2 aliphatic rings. The zero-order chi connectivity index (χ0) is 21.9. The van der Waals surface area contributed by atoms with Crippen molar-refractivity contribution >= 4 is 30.6 Å². The van der Waals surface area contributed by atoms with E-state index in [0.29, 0.717) is 0 Å². The maximum atomic E-state index is 11.8. The molecule has 2 saturated heterocycles. The van der Waals surface area contributed by atoms with Gasteiger partial charge in [-0.2, -0.15) is 0 Å². The Bertz CT molecular complexity index is 673. The van der Waals surface area contributed by atoms with Crippen molar-refractivity contribution in [3.05, 3.63) is 12.7 Å². The molecule has 30 heavy (non-hydrogen) atoms. The van der Waals surface area contributed by atoms with Gasteiger partial charge in [-0.05, 0) is 0 Å². The molecule has 0 aliphatic carbocycles. The fourth-order valence-corrected chi connectivity index (χ4v) is 1.94. The van der Waals surface area contributed by atoms with Crippen molar-refractivity contribution in [3.63, 3.8) is 0 Å². The highest BCUT2D eigenvalue weighted by Crippen LogP contribution is 2.09. The molecule has 2 heterocycles. The van der Waals surface area contributed by atoms with E-state index in [-0.39, 0.29) is 26.4 Å². The number of hydrogen-bond donors (Lipinski definition) is 0. The molecule has 2 rings (SSSR count). The summed E-state index contributed by atoms with van der Waals surface area (Å²) in [6.07, 6.45) is -6.07. The number of carbonyl (C=O) groups is 5. The van der Waals surface area contributed by atoms with Gasteiger partial charge in [0.25, 0.3) is 0 Å². The van der Waals surface area contributed by atoms with Crippen LogP contribution in [-0.2, 0) is 47.4 Å². The van der Waals surface area contributed by atoms with Crippen LogP contribution < -0.4 is 0 Å². The smallest absolute Gasteiger partial charge is 0.458 e. The maximum Gasteiger partial charge on any atom is 0.508 e. The number of rotatable bonds is 10. The molecule has 3 atom stereocenters. The van der Waals surface area contributed by atoms with Crippen molar-refractivity contribution in [1.29, 1.82) is 0 Å². The zero-order valence-electron chi connectivity index (χ0n) is 15.5. The van der Waals surface area contributed by atoms with Gasteiger partial charge in [-0.3, -0.25) is 0 Å². The van der Waals surface area contributed by atoms with Gasteiger partial charge in [-0.1, -0.05) is 6.58 Å². The first-order chi connectivity index (χ1) is 14.4. The quantitative estimate of drug-likeness (QED) is 0.264. The van der Waals surface area contributed by atoms with E-state index < -0.39 is 62.1 Å². The van der Waals surface area contributed by atoms with E-state index in [9.17, 15) is 24.0 Å². The van der Waals surface area contributed by atoms with Gasteiger partial charge >= 0.3 is 30.6 Å². The van der Waals surface area contributed by atoms with Crippen molar-refractivity contribution in [3.8, 4) is 0 Å². The molecule has 0 amide bonds. The van der Waals surface area contributed by atoms with Gasteiger partial charge in [0, 0.05) is 6.08 Å². The largest absolute Gasteiger partial charge is 0.508 e. The summed E-state index contributed by atoms with van der Waals surface area (Å²) in [5, 5.41) is 0. The summed E-state index contributed by atoms with van der Waals surface area (Å²) in [6, 6.07) is 0. The predicted molar refractivity (Wildman–Crippen MR) is 87.1 cm³/mol. The van der Waals surface area contributed by atoms with Crippen molar-refractivity contribution in [2.75, 3.05) is 39.6 Å². The summed E-state index contributed by atoms with van der Waals surface area (Å²) < 4.78 is 42.2. The lowest BCUT2D eigenvalue weighted by molar-refractivity contribution is -0.142. The first-order valence-corrected chi connectivity index (χ1v) is 8.44. The Balaban J connectivity index is 1.73. The molecular weight excluding hydrogens is 416 g/mol. The highest BCUT2D eigenvalue weighted by atomic mass is 16.8. The molecule has 0 aromatic carbocycles. The summed E-state index contributed by atoms with van der Waals surface area (Å²) in [5.41, 5.74) is 0. The third-order valence-corrected chi connectivity index (χ3v) is 3.30. The Labute approximate surface area is 168 Å². The van der Waals surface area contributed by atoms with Crippen LogP contribution in [0.1, 0.15) is 0 Å². The number of hydrogen-bond acceptors (Lipinski definition) is 14. The average Bonchev–Trinajstić information content (AvgIpc) is 3.34. The van der Waals surface area contributed by atoms with Crippen molar-refractivity contribution in [2.24, 2.45) is 0 Å². The van der Waals surface area contributed by atoms with E-state index in [0.717, 1.165) is 6.08 Å². The lowest BCUT2D eigenvalue weighted by Crippen LogP contribution is -2.32. The molecule has 3 unspecified atom stereocenters. The fraction of sp³-hybridized carbons (Fsp3) is 0.562. The Hall–Kier alpha value is -3.71. The summed E-state index contributed by atoms with van der Waals surface area (Å²) in [6.45, 7) is 1.34. The lowest BCUT2D eigenvalue weighted by atomic mass is 10.4.